The normalized spacial score (nSPS) is 16.6. The predicted octanol–water partition coefficient (Wildman–Crippen LogP) is 4.36. The first-order valence-corrected chi connectivity index (χ1v) is 9.87. The topological polar surface area (TPSA) is 55.4 Å². The second-order valence-corrected chi connectivity index (χ2v) is 9.64. The van der Waals surface area contributed by atoms with Crippen LogP contribution < -0.4 is 4.72 Å². The highest BCUT2D eigenvalue weighted by molar-refractivity contribution is 7.84. The van der Waals surface area contributed by atoms with Crippen molar-refractivity contribution in [2.45, 2.75) is 84.2 Å². The summed E-state index contributed by atoms with van der Waals surface area (Å²) in [5.41, 5.74) is 0. The van der Waals surface area contributed by atoms with E-state index in [-0.39, 0.29) is 18.9 Å². The van der Waals surface area contributed by atoms with Crippen LogP contribution in [0.2, 0.25) is 0 Å². The molecule has 0 radical (unpaired) electrons. The minimum absolute atomic E-state index is 0.0289. The van der Waals surface area contributed by atoms with Crippen LogP contribution in [0, 0.1) is 11.8 Å². The third-order valence-corrected chi connectivity index (χ3v) is 5.11. The number of nitrogens with one attached hydrogen (secondary N) is 1. The molecule has 8 heteroatoms. The molecule has 0 saturated heterocycles. The summed E-state index contributed by atoms with van der Waals surface area (Å²) in [4.78, 5) is 12.3. The molecule has 0 heterocycles. The van der Waals surface area contributed by atoms with Gasteiger partial charge < -0.3 is 4.74 Å². The lowest BCUT2D eigenvalue weighted by Crippen LogP contribution is -2.53. The van der Waals surface area contributed by atoms with Crippen molar-refractivity contribution in [1.29, 1.82) is 0 Å². The number of unbranched alkanes of at least 4 members (excludes halogenated alkanes) is 2. The summed E-state index contributed by atoms with van der Waals surface area (Å²) in [6.45, 7) is 10.4. The maximum Gasteiger partial charge on any atom is 0.405 e. The molecule has 0 spiro atoms. The van der Waals surface area contributed by atoms with E-state index in [0.29, 0.717) is 6.42 Å². The number of alkyl halides is 3. The Hall–Kier alpha value is -0.630. The maximum absolute atomic E-state index is 13.6. The van der Waals surface area contributed by atoms with Crippen LogP contribution in [0.25, 0.3) is 0 Å². The van der Waals surface area contributed by atoms with E-state index in [1.165, 1.54) is 0 Å². The highest BCUT2D eigenvalue weighted by atomic mass is 32.2. The number of carbonyl (C=O) groups excluding carboxylic acids is 1. The molecule has 0 saturated carbocycles. The van der Waals surface area contributed by atoms with Crippen molar-refractivity contribution >= 4 is 17.0 Å². The Morgan fingerprint density at radius 3 is 2.12 bits per heavy atom. The van der Waals surface area contributed by atoms with Crippen LogP contribution in [0.1, 0.15) is 67.2 Å². The zero-order chi connectivity index (χ0) is 19.8. The fraction of sp³-hybridized carbons (Fsp3) is 0.941. The largest absolute Gasteiger partial charge is 0.465 e. The fourth-order valence-corrected chi connectivity index (χ4v) is 2.94. The van der Waals surface area contributed by atoms with Gasteiger partial charge in [0.1, 0.15) is 6.04 Å². The SMILES string of the molecule is CCCCC[C@@H](C(=O)OCC(C)C)[C@@H](N[S@](=O)C(C)(C)C)C(F)(F)F. The molecule has 3 atom stereocenters. The van der Waals surface area contributed by atoms with E-state index < -0.39 is 39.8 Å². The van der Waals surface area contributed by atoms with Crippen LogP contribution in [-0.2, 0) is 20.5 Å². The molecule has 0 aromatic heterocycles. The average molecular weight is 388 g/mol. The van der Waals surface area contributed by atoms with E-state index in [1.54, 1.807) is 20.8 Å². The Balaban J connectivity index is 5.43. The zero-order valence-corrected chi connectivity index (χ0v) is 16.9. The van der Waals surface area contributed by atoms with Crippen molar-refractivity contribution in [3.63, 3.8) is 0 Å². The average Bonchev–Trinajstić information content (AvgIpc) is 2.45. The molecule has 0 rings (SSSR count). The van der Waals surface area contributed by atoms with Gasteiger partial charge in [0.05, 0.1) is 28.3 Å². The Kier molecular flexibility index (Phi) is 10.2. The molecule has 0 aromatic rings. The lowest BCUT2D eigenvalue weighted by atomic mass is 9.93. The molecule has 0 aromatic carbocycles. The number of halogens is 3. The number of ether oxygens (including phenoxy) is 1. The van der Waals surface area contributed by atoms with Crippen LogP contribution in [0.15, 0.2) is 0 Å². The van der Waals surface area contributed by atoms with E-state index >= 15 is 0 Å². The summed E-state index contributed by atoms with van der Waals surface area (Å²) in [6.07, 6.45) is -2.63. The number of esters is 1. The molecule has 0 unspecified atom stereocenters. The molecular weight excluding hydrogens is 355 g/mol. The van der Waals surface area contributed by atoms with Gasteiger partial charge in [-0.05, 0) is 33.1 Å². The molecular formula is C17H32F3NO3S. The fourth-order valence-electron chi connectivity index (χ4n) is 2.06. The lowest BCUT2D eigenvalue weighted by molar-refractivity contribution is -0.180. The van der Waals surface area contributed by atoms with Gasteiger partial charge >= 0.3 is 12.1 Å². The van der Waals surface area contributed by atoms with Gasteiger partial charge in [0.25, 0.3) is 0 Å². The Morgan fingerprint density at radius 2 is 1.72 bits per heavy atom. The van der Waals surface area contributed by atoms with Gasteiger partial charge in [-0.15, -0.1) is 0 Å². The summed E-state index contributed by atoms with van der Waals surface area (Å²) in [5.74, 6) is -2.26. The third kappa shape index (κ3) is 9.58. The molecule has 0 aliphatic heterocycles. The van der Waals surface area contributed by atoms with Crippen LogP contribution in [-0.4, -0.2) is 33.8 Å². The van der Waals surface area contributed by atoms with Crippen molar-refractivity contribution < 1.29 is 26.9 Å². The molecule has 0 aliphatic carbocycles. The number of carbonyl (C=O) groups is 1. The first kappa shape index (κ1) is 24.4. The van der Waals surface area contributed by atoms with Gasteiger partial charge in [-0.2, -0.15) is 13.2 Å². The van der Waals surface area contributed by atoms with Crippen molar-refractivity contribution in [1.82, 2.24) is 4.72 Å². The first-order chi connectivity index (χ1) is 11.3. The van der Waals surface area contributed by atoms with Gasteiger partial charge in [0, 0.05) is 0 Å². The van der Waals surface area contributed by atoms with Gasteiger partial charge in [-0.3, -0.25) is 4.79 Å². The van der Waals surface area contributed by atoms with Gasteiger partial charge in [-0.1, -0.05) is 40.0 Å². The van der Waals surface area contributed by atoms with Gasteiger partial charge in [0.15, 0.2) is 0 Å². The summed E-state index contributed by atoms with van der Waals surface area (Å²) in [5, 5.41) is 0. The molecule has 1 N–H and O–H groups in total. The molecule has 0 amide bonds. The molecule has 150 valence electrons. The standard InChI is InChI=1S/C17H32F3NO3S/c1-7-8-9-10-13(15(22)24-11-12(2)3)14(17(18,19)20)21-25(23)16(4,5)6/h12-14,21H,7-11H2,1-6H3/t13-,14-,25-/m1/s1. The van der Waals surface area contributed by atoms with Crippen LogP contribution in [0.4, 0.5) is 13.2 Å². The van der Waals surface area contributed by atoms with E-state index in [9.17, 15) is 22.2 Å². The van der Waals surface area contributed by atoms with Crippen LogP contribution >= 0.6 is 0 Å². The first-order valence-electron chi connectivity index (χ1n) is 8.72. The van der Waals surface area contributed by atoms with Gasteiger partial charge in [-0.25, -0.2) is 8.93 Å². The monoisotopic (exact) mass is 387 g/mol. The second-order valence-electron chi connectivity index (χ2n) is 7.64. The quantitative estimate of drug-likeness (QED) is 0.447. The highest BCUT2D eigenvalue weighted by Crippen LogP contribution is 2.31. The summed E-state index contributed by atoms with van der Waals surface area (Å²) < 4.78 is 59.3. The lowest BCUT2D eigenvalue weighted by Gasteiger charge is -2.31. The summed E-state index contributed by atoms with van der Waals surface area (Å²) in [6, 6.07) is -2.19. The minimum atomic E-state index is -4.70. The van der Waals surface area contributed by atoms with Crippen molar-refractivity contribution in [2.24, 2.45) is 11.8 Å². The van der Waals surface area contributed by atoms with Crippen molar-refractivity contribution in [3.8, 4) is 0 Å². The number of rotatable bonds is 10. The number of hydrogen-bond acceptors (Lipinski definition) is 3. The molecule has 25 heavy (non-hydrogen) atoms. The van der Waals surface area contributed by atoms with Crippen LogP contribution in [0.3, 0.4) is 0 Å². The predicted molar refractivity (Wildman–Crippen MR) is 94.3 cm³/mol. The smallest absolute Gasteiger partial charge is 0.405 e. The highest BCUT2D eigenvalue weighted by Gasteiger charge is 2.49. The maximum atomic E-state index is 13.6. The third-order valence-electron chi connectivity index (χ3n) is 3.53. The van der Waals surface area contributed by atoms with E-state index in [2.05, 4.69) is 4.72 Å². The van der Waals surface area contributed by atoms with E-state index in [0.717, 1.165) is 12.8 Å². The molecule has 0 bridgehead atoms. The van der Waals surface area contributed by atoms with Crippen molar-refractivity contribution in [3.05, 3.63) is 0 Å². The molecule has 4 nitrogen and oxygen atoms in total. The van der Waals surface area contributed by atoms with E-state index in [4.69, 9.17) is 4.74 Å². The summed E-state index contributed by atoms with van der Waals surface area (Å²) >= 11 is 0. The second kappa shape index (κ2) is 10.5. The van der Waals surface area contributed by atoms with E-state index in [1.807, 2.05) is 20.8 Å². The Morgan fingerprint density at radius 1 is 1.16 bits per heavy atom. The zero-order valence-electron chi connectivity index (χ0n) is 16.0. The van der Waals surface area contributed by atoms with Gasteiger partial charge in [0.2, 0.25) is 0 Å². The molecule has 0 fully saturated rings. The Bertz CT molecular complexity index is 434. The Labute approximate surface area is 151 Å². The van der Waals surface area contributed by atoms with Crippen molar-refractivity contribution in [2.75, 3.05) is 6.61 Å². The van der Waals surface area contributed by atoms with Crippen LogP contribution in [0.5, 0.6) is 0 Å². The number of hydrogen-bond donors (Lipinski definition) is 1. The summed E-state index contributed by atoms with van der Waals surface area (Å²) in [7, 11) is -1.95. The molecule has 0 aliphatic rings. The minimum Gasteiger partial charge on any atom is -0.465 e.